The van der Waals surface area contributed by atoms with Crippen molar-refractivity contribution in [1.82, 2.24) is 0 Å². The Morgan fingerprint density at radius 3 is 2.58 bits per heavy atom. The molecule has 0 unspecified atom stereocenters. The number of carboxylic acid groups (broad SMARTS) is 1. The molecule has 0 saturated carbocycles. The zero-order valence-corrected chi connectivity index (χ0v) is 10.3. The lowest BCUT2D eigenvalue weighted by Gasteiger charge is -2.11. The smallest absolute Gasteiger partial charge is 0.307 e. The van der Waals surface area contributed by atoms with Gasteiger partial charge in [-0.3, -0.25) is 4.79 Å². The SMILES string of the molecule is O=C(O)Cc1cc(F)ccc1NCc1ccccc1. The van der Waals surface area contributed by atoms with Gasteiger partial charge in [-0.2, -0.15) is 0 Å². The van der Waals surface area contributed by atoms with Gasteiger partial charge in [-0.25, -0.2) is 4.39 Å². The Morgan fingerprint density at radius 1 is 1.16 bits per heavy atom. The Labute approximate surface area is 110 Å². The molecule has 0 saturated heterocycles. The lowest BCUT2D eigenvalue weighted by Crippen LogP contribution is -2.07. The first-order chi connectivity index (χ1) is 9.15. The quantitative estimate of drug-likeness (QED) is 0.867. The second-order valence-corrected chi connectivity index (χ2v) is 4.21. The van der Waals surface area contributed by atoms with Crippen molar-refractivity contribution in [3.05, 3.63) is 65.5 Å². The minimum absolute atomic E-state index is 0.200. The van der Waals surface area contributed by atoms with Crippen molar-refractivity contribution in [3.8, 4) is 0 Å². The van der Waals surface area contributed by atoms with Gasteiger partial charge in [0.15, 0.2) is 0 Å². The Balaban J connectivity index is 2.13. The summed E-state index contributed by atoms with van der Waals surface area (Å²) in [7, 11) is 0. The number of carboxylic acids is 1. The molecule has 2 aromatic rings. The number of halogens is 1. The Hall–Kier alpha value is -2.36. The number of benzene rings is 2. The lowest BCUT2D eigenvalue weighted by atomic mass is 10.1. The maximum atomic E-state index is 13.1. The fraction of sp³-hybridized carbons (Fsp3) is 0.133. The summed E-state index contributed by atoms with van der Waals surface area (Å²) in [5.74, 6) is -1.41. The highest BCUT2D eigenvalue weighted by molar-refractivity contribution is 5.73. The Bertz CT molecular complexity index is 570. The minimum atomic E-state index is -0.978. The van der Waals surface area contributed by atoms with Crippen LogP contribution in [0.25, 0.3) is 0 Å². The minimum Gasteiger partial charge on any atom is -0.481 e. The van der Waals surface area contributed by atoms with Gasteiger partial charge in [0.2, 0.25) is 0 Å². The van der Waals surface area contributed by atoms with Crippen LogP contribution in [0.2, 0.25) is 0 Å². The predicted molar refractivity (Wildman–Crippen MR) is 71.5 cm³/mol. The molecular formula is C15H14FNO2. The van der Waals surface area contributed by atoms with Gasteiger partial charge < -0.3 is 10.4 Å². The highest BCUT2D eigenvalue weighted by Crippen LogP contribution is 2.18. The fourth-order valence-corrected chi connectivity index (χ4v) is 1.84. The molecular weight excluding hydrogens is 245 g/mol. The molecule has 0 aliphatic heterocycles. The second-order valence-electron chi connectivity index (χ2n) is 4.21. The maximum absolute atomic E-state index is 13.1. The van der Waals surface area contributed by atoms with E-state index in [1.54, 1.807) is 6.07 Å². The van der Waals surface area contributed by atoms with Gasteiger partial charge in [-0.15, -0.1) is 0 Å². The van der Waals surface area contributed by atoms with Crippen molar-refractivity contribution >= 4 is 11.7 Å². The van der Waals surface area contributed by atoms with Crippen molar-refractivity contribution in [2.75, 3.05) is 5.32 Å². The molecule has 3 nitrogen and oxygen atoms in total. The molecule has 2 rings (SSSR count). The Kier molecular flexibility index (Phi) is 4.13. The number of nitrogens with one attached hydrogen (secondary N) is 1. The number of anilines is 1. The van der Waals surface area contributed by atoms with Crippen molar-refractivity contribution in [1.29, 1.82) is 0 Å². The van der Waals surface area contributed by atoms with Crippen LogP contribution in [0.15, 0.2) is 48.5 Å². The normalized spacial score (nSPS) is 10.2. The molecule has 4 heteroatoms. The summed E-state index contributed by atoms with van der Waals surface area (Å²) in [6.45, 7) is 0.569. The van der Waals surface area contributed by atoms with Crippen molar-refractivity contribution in [2.24, 2.45) is 0 Å². The first kappa shape index (κ1) is 13.1. The topological polar surface area (TPSA) is 49.3 Å². The highest BCUT2D eigenvalue weighted by Gasteiger charge is 2.08. The van der Waals surface area contributed by atoms with Crippen LogP contribution >= 0.6 is 0 Å². The molecule has 98 valence electrons. The van der Waals surface area contributed by atoms with E-state index in [4.69, 9.17) is 5.11 Å². The van der Waals surface area contributed by atoms with E-state index in [-0.39, 0.29) is 6.42 Å². The van der Waals surface area contributed by atoms with E-state index in [9.17, 15) is 9.18 Å². The molecule has 2 aromatic carbocycles. The monoisotopic (exact) mass is 259 g/mol. The average molecular weight is 259 g/mol. The van der Waals surface area contributed by atoms with Gasteiger partial charge in [-0.1, -0.05) is 30.3 Å². The van der Waals surface area contributed by atoms with Crippen LogP contribution in [-0.4, -0.2) is 11.1 Å². The number of carbonyl (C=O) groups is 1. The lowest BCUT2D eigenvalue weighted by molar-refractivity contribution is -0.136. The molecule has 0 heterocycles. The van der Waals surface area contributed by atoms with Crippen LogP contribution in [0.5, 0.6) is 0 Å². The summed E-state index contributed by atoms with van der Waals surface area (Å²) < 4.78 is 13.1. The molecule has 0 amide bonds. The average Bonchev–Trinajstić information content (AvgIpc) is 2.38. The van der Waals surface area contributed by atoms with Gasteiger partial charge in [0.25, 0.3) is 0 Å². The van der Waals surface area contributed by atoms with Crippen LogP contribution in [0.4, 0.5) is 10.1 Å². The molecule has 0 aliphatic carbocycles. The van der Waals surface area contributed by atoms with E-state index in [0.717, 1.165) is 5.56 Å². The molecule has 0 radical (unpaired) electrons. The molecule has 2 N–H and O–H groups in total. The van der Waals surface area contributed by atoms with Gasteiger partial charge in [0.1, 0.15) is 5.82 Å². The van der Waals surface area contributed by atoms with Crippen LogP contribution in [0.3, 0.4) is 0 Å². The van der Waals surface area contributed by atoms with Gasteiger partial charge in [-0.05, 0) is 29.3 Å². The first-order valence-corrected chi connectivity index (χ1v) is 5.93. The highest BCUT2D eigenvalue weighted by atomic mass is 19.1. The van der Waals surface area contributed by atoms with Crippen LogP contribution < -0.4 is 5.32 Å². The molecule has 0 bridgehead atoms. The summed E-state index contributed by atoms with van der Waals surface area (Å²) in [6, 6.07) is 13.9. The zero-order chi connectivity index (χ0) is 13.7. The Morgan fingerprint density at radius 2 is 1.89 bits per heavy atom. The summed E-state index contributed by atoms with van der Waals surface area (Å²) in [5, 5.41) is 11.9. The van der Waals surface area contributed by atoms with Gasteiger partial charge in [0.05, 0.1) is 6.42 Å². The zero-order valence-electron chi connectivity index (χ0n) is 10.3. The van der Waals surface area contributed by atoms with Crippen molar-refractivity contribution < 1.29 is 14.3 Å². The molecule has 0 spiro atoms. The number of hydrogen-bond acceptors (Lipinski definition) is 2. The standard InChI is InChI=1S/C15H14FNO2/c16-13-6-7-14(12(8-13)9-15(18)19)17-10-11-4-2-1-3-5-11/h1-8,17H,9-10H2,(H,18,19). The second kappa shape index (κ2) is 6.00. The third-order valence-electron chi connectivity index (χ3n) is 2.73. The number of hydrogen-bond donors (Lipinski definition) is 2. The van der Waals surface area contributed by atoms with E-state index in [2.05, 4.69) is 5.32 Å². The molecule has 0 fully saturated rings. The van der Waals surface area contributed by atoms with Crippen LogP contribution in [0, 0.1) is 5.82 Å². The van der Waals surface area contributed by atoms with E-state index in [0.29, 0.717) is 17.8 Å². The fourth-order valence-electron chi connectivity index (χ4n) is 1.84. The van der Waals surface area contributed by atoms with E-state index >= 15 is 0 Å². The summed E-state index contributed by atoms with van der Waals surface area (Å²) in [5.41, 5.74) is 2.17. The third-order valence-corrected chi connectivity index (χ3v) is 2.73. The van der Waals surface area contributed by atoms with E-state index < -0.39 is 11.8 Å². The van der Waals surface area contributed by atoms with E-state index in [1.807, 2.05) is 30.3 Å². The molecule has 0 aliphatic rings. The van der Waals surface area contributed by atoms with Crippen molar-refractivity contribution in [2.45, 2.75) is 13.0 Å². The largest absolute Gasteiger partial charge is 0.481 e. The van der Waals surface area contributed by atoms with Crippen molar-refractivity contribution in [3.63, 3.8) is 0 Å². The summed E-state index contributed by atoms with van der Waals surface area (Å²) >= 11 is 0. The third kappa shape index (κ3) is 3.81. The number of rotatable bonds is 5. The first-order valence-electron chi connectivity index (χ1n) is 5.93. The molecule has 0 atom stereocenters. The van der Waals surface area contributed by atoms with Gasteiger partial charge >= 0.3 is 5.97 Å². The maximum Gasteiger partial charge on any atom is 0.307 e. The predicted octanol–water partition coefficient (Wildman–Crippen LogP) is 3.06. The van der Waals surface area contributed by atoms with E-state index in [1.165, 1.54) is 12.1 Å². The molecule has 0 aromatic heterocycles. The summed E-state index contributed by atoms with van der Waals surface area (Å²) in [4.78, 5) is 10.8. The summed E-state index contributed by atoms with van der Waals surface area (Å²) in [6.07, 6.45) is -0.200. The number of aliphatic carboxylic acids is 1. The molecule has 19 heavy (non-hydrogen) atoms. The van der Waals surface area contributed by atoms with Crippen LogP contribution in [0.1, 0.15) is 11.1 Å². The van der Waals surface area contributed by atoms with Gasteiger partial charge in [0, 0.05) is 12.2 Å². The van der Waals surface area contributed by atoms with Crippen LogP contribution in [-0.2, 0) is 17.8 Å².